The van der Waals surface area contributed by atoms with Gasteiger partial charge in [0.1, 0.15) is 0 Å². The van der Waals surface area contributed by atoms with Crippen LogP contribution in [0, 0.1) is 0 Å². The molecule has 170 valence electrons. The Labute approximate surface area is 195 Å². The standard InChI is InChI=1S/C24H23N3O5S/c1-30-19-12-15(13-20(31-2)23(19)32-3)10-11-25-24-26-18(14-33-24)16-4-6-17(7-5-16)27-21(28)8-9-22(27)29/h4-7,10-14H,8-9H2,1-3H3,(H,25,26)/b11-10-. The first-order chi connectivity index (χ1) is 16.0. The number of nitrogens with one attached hydrogen (secondary N) is 1. The molecule has 1 aliphatic rings. The summed E-state index contributed by atoms with van der Waals surface area (Å²) in [6, 6.07) is 11.0. The van der Waals surface area contributed by atoms with Crippen LogP contribution in [0.2, 0.25) is 0 Å². The number of nitrogens with zero attached hydrogens (tertiary/aromatic N) is 2. The van der Waals surface area contributed by atoms with E-state index in [0.29, 0.717) is 22.9 Å². The van der Waals surface area contributed by atoms with Gasteiger partial charge in [-0.3, -0.25) is 14.5 Å². The molecule has 2 aromatic carbocycles. The zero-order chi connectivity index (χ0) is 23.4. The van der Waals surface area contributed by atoms with Gasteiger partial charge in [-0.25, -0.2) is 4.98 Å². The number of hydrogen-bond donors (Lipinski definition) is 1. The Morgan fingerprint density at radius 2 is 1.61 bits per heavy atom. The molecule has 0 radical (unpaired) electrons. The minimum atomic E-state index is -0.160. The van der Waals surface area contributed by atoms with Crippen molar-refractivity contribution >= 4 is 40.0 Å². The van der Waals surface area contributed by atoms with E-state index in [9.17, 15) is 9.59 Å². The topological polar surface area (TPSA) is 90.0 Å². The first-order valence-electron chi connectivity index (χ1n) is 10.2. The van der Waals surface area contributed by atoms with Crippen LogP contribution in [0.3, 0.4) is 0 Å². The van der Waals surface area contributed by atoms with Gasteiger partial charge in [-0.05, 0) is 35.9 Å². The summed E-state index contributed by atoms with van der Waals surface area (Å²) in [7, 11) is 4.72. The number of thiazole rings is 1. The van der Waals surface area contributed by atoms with Gasteiger partial charge in [0.25, 0.3) is 0 Å². The number of ether oxygens (including phenoxy) is 3. The molecule has 2 amide bonds. The van der Waals surface area contributed by atoms with E-state index in [4.69, 9.17) is 14.2 Å². The Morgan fingerprint density at radius 3 is 2.18 bits per heavy atom. The van der Waals surface area contributed by atoms with Crippen molar-refractivity contribution in [3.05, 3.63) is 53.5 Å². The third-order valence-corrected chi connectivity index (χ3v) is 5.92. The molecule has 33 heavy (non-hydrogen) atoms. The van der Waals surface area contributed by atoms with E-state index < -0.39 is 0 Å². The number of hydrogen-bond acceptors (Lipinski definition) is 8. The number of carbonyl (C=O) groups excluding carboxylic acids is 2. The van der Waals surface area contributed by atoms with E-state index >= 15 is 0 Å². The minimum absolute atomic E-state index is 0.160. The van der Waals surface area contributed by atoms with Crippen LogP contribution >= 0.6 is 11.3 Å². The molecule has 0 bridgehead atoms. The van der Waals surface area contributed by atoms with Crippen LogP contribution in [-0.4, -0.2) is 38.1 Å². The SMILES string of the molecule is COc1cc(/C=C\Nc2nc(-c3ccc(N4C(=O)CCC4=O)cc3)cs2)cc(OC)c1OC. The Kier molecular flexibility index (Phi) is 6.60. The highest BCUT2D eigenvalue weighted by Gasteiger charge is 2.30. The van der Waals surface area contributed by atoms with Crippen LogP contribution in [0.5, 0.6) is 17.2 Å². The van der Waals surface area contributed by atoms with E-state index in [0.717, 1.165) is 22.0 Å². The summed E-state index contributed by atoms with van der Waals surface area (Å²) in [5, 5.41) is 5.84. The lowest BCUT2D eigenvalue weighted by atomic mass is 10.1. The third-order valence-electron chi connectivity index (χ3n) is 5.15. The van der Waals surface area contributed by atoms with E-state index in [1.54, 1.807) is 39.7 Å². The minimum Gasteiger partial charge on any atom is -0.493 e. The number of amides is 2. The molecule has 0 spiro atoms. The number of aromatic nitrogens is 1. The summed E-state index contributed by atoms with van der Waals surface area (Å²) in [5.74, 6) is 1.38. The van der Waals surface area contributed by atoms with Gasteiger partial charge in [0.05, 0.1) is 32.7 Å². The van der Waals surface area contributed by atoms with Gasteiger partial charge in [0.2, 0.25) is 17.6 Å². The Bertz CT molecular complexity index is 1160. The quantitative estimate of drug-likeness (QED) is 0.487. The lowest BCUT2D eigenvalue weighted by molar-refractivity contribution is -0.121. The fourth-order valence-electron chi connectivity index (χ4n) is 3.53. The van der Waals surface area contributed by atoms with Crippen LogP contribution in [0.15, 0.2) is 48.0 Å². The van der Waals surface area contributed by atoms with Gasteiger partial charge in [-0.15, -0.1) is 11.3 Å². The van der Waals surface area contributed by atoms with E-state index in [-0.39, 0.29) is 24.7 Å². The maximum Gasteiger partial charge on any atom is 0.234 e. The lowest BCUT2D eigenvalue weighted by Crippen LogP contribution is -2.28. The van der Waals surface area contributed by atoms with Gasteiger partial charge < -0.3 is 19.5 Å². The zero-order valence-corrected chi connectivity index (χ0v) is 19.3. The number of benzene rings is 2. The third kappa shape index (κ3) is 4.68. The van der Waals surface area contributed by atoms with Crippen molar-refractivity contribution < 1.29 is 23.8 Å². The number of rotatable bonds is 8. The molecule has 0 unspecified atom stereocenters. The summed E-state index contributed by atoms with van der Waals surface area (Å²) in [6.07, 6.45) is 4.21. The van der Waals surface area contributed by atoms with Crippen molar-refractivity contribution in [3.63, 3.8) is 0 Å². The average Bonchev–Trinajstić information content (AvgIpc) is 3.44. The van der Waals surface area contributed by atoms with Crippen molar-refractivity contribution in [2.24, 2.45) is 0 Å². The van der Waals surface area contributed by atoms with Crippen molar-refractivity contribution in [2.75, 3.05) is 31.5 Å². The second kappa shape index (κ2) is 9.74. The summed E-state index contributed by atoms with van der Waals surface area (Å²) >= 11 is 1.47. The van der Waals surface area contributed by atoms with E-state index in [1.165, 1.54) is 16.2 Å². The first-order valence-corrected chi connectivity index (χ1v) is 11.1. The molecule has 0 atom stereocenters. The second-order valence-electron chi connectivity index (χ2n) is 7.14. The van der Waals surface area contributed by atoms with Crippen LogP contribution in [0.1, 0.15) is 18.4 Å². The van der Waals surface area contributed by atoms with E-state index in [1.807, 2.05) is 35.7 Å². The highest BCUT2D eigenvalue weighted by atomic mass is 32.1. The maximum atomic E-state index is 11.9. The fourth-order valence-corrected chi connectivity index (χ4v) is 4.22. The van der Waals surface area contributed by atoms with Crippen molar-refractivity contribution in [3.8, 4) is 28.5 Å². The summed E-state index contributed by atoms with van der Waals surface area (Å²) in [4.78, 5) is 29.7. The molecule has 1 aliphatic heterocycles. The summed E-state index contributed by atoms with van der Waals surface area (Å²) < 4.78 is 16.1. The molecule has 4 rings (SSSR count). The number of anilines is 2. The maximum absolute atomic E-state index is 11.9. The van der Waals surface area contributed by atoms with Gasteiger partial charge in [0.15, 0.2) is 16.6 Å². The summed E-state index contributed by atoms with van der Waals surface area (Å²) in [5.41, 5.74) is 3.16. The molecule has 0 saturated carbocycles. The van der Waals surface area contributed by atoms with Gasteiger partial charge in [0, 0.05) is 30.0 Å². The molecule has 1 aromatic heterocycles. The normalized spacial score (nSPS) is 13.6. The largest absolute Gasteiger partial charge is 0.493 e. The Morgan fingerprint density at radius 1 is 0.970 bits per heavy atom. The molecule has 2 heterocycles. The van der Waals surface area contributed by atoms with Crippen LogP contribution in [-0.2, 0) is 9.59 Å². The number of carbonyl (C=O) groups is 2. The number of methoxy groups -OCH3 is 3. The molecule has 3 aromatic rings. The zero-order valence-electron chi connectivity index (χ0n) is 18.5. The Hall–Kier alpha value is -3.85. The molecule has 0 aliphatic carbocycles. The average molecular weight is 466 g/mol. The smallest absolute Gasteiger partial charge is 0.234 e. The molecular formula is C24H23N3O5S. The highest BCUT2D eigenvalue weighted by molar-refractivity contribution is 7.14. The molecule has 8 nitrogen and oxygen atoms in total. The summed E-state index contributed by atoms with van der Waals surface area (Å²) in [6.45, 7) is 0. The monoisotopic (exact) mass is 465 g/mol. The number of imide groups is 1. The second-order valence-corrected chi connectivity index (χ2v) is 8.00. The molecule has 1 fully saturated rings. The lowest BCUT2D eigenvalue weighted by Gasteiger charge is -2.13. The van der Waals surface area contributed by atoms with Crippen molar-refractivity contribution in [1.82, 2.24) is 4.98 Å². The van der Waals surface area contributed by atoms with Gasteiger partial charge in [-0.2, -0.15) is 0 Å². The molecule has 1 saturated heterocycles. The van der Waals surface area contributed by atoms with Gasteiger partial charge in [-0.1, -0.05) is 12.1 Å². The highest BCUT2D eigenvalue weighted by Crippen LogP contribution is 2.38. The van der Waals surface area contributed by atoms with E-state index in [2.05, 4.69) is 10.3 Å². The van der Waals surface area contributed by atoms with Crippen molar-refractivity contribution in [1.29, 1.82) is 0 Å². The fraction of sp³-hybridized carbons (Fsp3) is 0.208. The predicted octanol–water partition coefficient (Wildman–Crippen LogP) is 4.57. The van der Waals surface area contributed by atoms with Gasteiger partial charge >= 0.3 is 0 Å². The molecule has 1 N–H and O–H groups in total. The van der Waals surface area contributed by atoms with Crippen molar-refractivity contribution in [2.45, 2.75) is 12.8 Å². The molecular weight excluding hydrogens is 442 g/mol. The van der Waals surface area contributed by atoms with Crippen LogP contribution < -0.4 is 24.4 Å². The Balaban J connectivity index is 1.45. The predicted molar refractivity (Wildman–Crippen MR) is 128 cm³/mol. The first kappa shape index (κ1) is 22.3. The van der Waals surface area contributed by atoms with Crippen LogP contribution in [0.4, 0.5) is 10.8 Å². The van der Waals surface area contributed by atoms with Crippen LogP contribution in [0.25, 0.3) is 17.3 Å². The molecule has 9 heteroatoms.